The molecule has 0 spiro atoms. The number of rotatable bonds is 4. The Morgan fingerprint density at radius 3 is 2.45 bits per heavy atom. The van der Waals surface area contributed by atoms with E-state index in [2.05, 4.69) is 5.32 Å². The van der Waals surface area contributed by atoms with Gasteiger partial charge in [-0.3, -0.25) is 10.1 Å². The molecule has 0 bridgehead atoms. The monoisotopic (exact) mass is 281 g/mol. The average Bonchev–Trinajstić information content (AvgIpc) is 2.28. The highest BCUT2D eigenvalue weighted by atomic mass is 16.6. The highest BCUT2D eigenvalue weighted by Crippen LogP contribution is 2.24. The molecule has 0 fully saturated rings. The average molecular weight is 281 g/mol. The Morgan fingerprint density at radius 1 is 1.30 bits per heavy atom. The number of benzene rings is 1. The molecule has 0 aliphatic rings. The molecular formula is C14H19NO5. The Kier molecular flexibility index (Phi) is 4.96. The number of anilines is 1. The summed E-state index contributed by atoms with van der Waals surface area (Å²) in [6, 6.07) is 4.79. The van der Waals surface area contributed by atoms with Gasteiger partial charge in [0.05, 0.1) is 19.2 Å². The summed E-state index contributed by atoms with van der Waals surface area (Å²) in [4.78, 5) is 22.6. The van der Waals surface area contributed by atoms with Gasteiger partial charge in [-0.15, -0.1) is 0 Å². The quantitative estimate of drug-likeness (QED) is 0.886. The standard InChI is InChI=1S/C14H19NO5/c1-14(2,3)20-13(18)15-11-8-10(19-4)6-5-9(11)7-12(16)17/h5-6,8H,7H2,1-4H3,(H,15,18)(H,16,17). The fourth-order valence-electron chi connectivity index (χ4n) is 1.53. The first kappa shape index (κ1) is 15.8. The molecule has 1 aromatic rings. The molecule has 110 valence electrons. The molecule has 0 saturated carbocycles. The Bertz CT molecular complexity index is 505. The fourth-order valence-corrected chi connectivity index (χ4v) is 1.53. The Labute approximate surface area is 117 Å². The van der Waals surface area contributed by atoms with Gasteiger partial charge >= 0.3 is 12.1 Å². The maximum Gasteiger partial charge on any atom is 0.412 e. The van der Waals surface area contributed by atoms with Gasteiger partial charge in [0.1, 0.15) is 11.4 Å². The SMILES string of the molecule is COc1ccc(CC(=O)O)c(NC(=O)OC(C)(C)C)c1. The highest BCUT2D eigenvalue weighted by molar-refractivity contribution is 5.87. The van der Waals surface area contributed by atoms with Crippen LogP contribution in [0.15, 0.2) is 18.2 Å². The van der Waals surface area contributed by atoms with Crippen molar-refractivity contribution < 1.29 is 24.2 Å². The Balaban J connectivity index is 2.95. The number of nitrogens with one attached hydrogen (secondary N) is 1. The van der Waals surface area contributed by atoms with E-state index in [1.54, 1.807) is 39.0 Å². The van der Waals surface area contributed by atoms with E-state index in [1.165, 1.54) is 7.11 Å². The molecule has 0 radical (unpaired) electrons. The molecule has 0 aliphatic heterocycles. The molecular weight excluding hydrogens is 262 g/mol. The van der Waals surface area contributed by atoms with Crippen LogP contribution in [0.2, 0.25) is 0 Å². The van der Waals surface area contributed by atoms with Crippen LogP contribution in [0.1, 0.15) is 26.3 Å². The summed E-state index contributed by atoms with van der Waals surface area (Å²) in [5.41, 5.74) is 0.209. The lowest BCUT2D eigenvalue weighted by Gasteiger charge is -2.20. The fraction of sp³-hybridized carbons (Fsp3) is 0.429. The van der Waals surface area contributed by atoms with Crippen LogP contribution in [0.25, 0.3) is 0 Å². The van der Waals surface area contributed by atoms with Gasteiger partial charge in [0.2, 0.25) is 0 Å². The summed E-state index contributed by atoms with van der Waals surface area (Å²) in [7, 11) is 1.49. The van der Waals surface area contributed by atoms with Crippen molar-refractivity contribution in [2.24, 2.45) is 0 Å². The number of ether oxygens (including phenoxy) is 2. The molecule has 6 nitrogen and oxygen atoms in total. The van der Waals surface area contributed by atoms with Gasteiger partial charge < -0.3 is 14.6 Å². The second-order valence-electron chi connectivity index (χ2n) is 5.22. The van der Waals surface area contributed by atoms with E-state index >= 15 is 0 Å². The lowest BCUT2D eigenvalue weighted by Crippen LogP contribution is -2.27. The van der Waals surface area contributed by atoms with Crippen molar-refractivity contribution in [3.8, 4) is 5.75 Å². The zero-order valence-corrected chi connectivity index (χ0v) is 12.0. The van der Waals surface area contributed by atoms with Crippen LogP contribution >= 0.6 is 0 Å². The normalized spacial score (nSPS) is 10.8. The molecule has 1 rings (SSSR count). The summed E-state index contributed by atoms with van der Waals surface area (Å²) < 4.78 is 10.2. The second-order valence-corrected chi connectivity index (χ2v) is 5.22. The first-order chi connectivity index (χ1) is 9.21. The van der Waals surface area contributed by atoms with E-state index in [1.807, 2.05) is 0 Å². The van der Waals surface area contributed by atoms with Gasteiger partial charge in [0, 0.05) is 6.07 Å². The molecule has 1 amide bonds. The first-order valence-corrected chi connectivity index (χ1v) is 6.10. The van der Waals surface area contributed by atoms with Crippen LogP contribution in [0.3, 0.4) is 0 Å². The topological polar surface area (TPSA) is 84.9 Å². The number of methoxy groups -OCH3 is 1. The van der Waals surface area contributed by atoms with Crippen molar-refractivity contribution in [3.05, 3.63) is 23.8 Å². The smallest absolute Gasteiger partial charge is 0.412 e. The molecule has 20 heavy (non-hydrogen) atoms. The predicted octanol–water partition coefficient (Wildman–Crippen LogP) is 2.67. The Morgan fingerprint density at radius 2 is 1.95 bits per heavy atom. The van der Waals surface area contributed by atoms with Crippen LogP contribution in [0.5, 0.6) is 5.75 Å². The highest BCUT2D eigenvalue weighted by Gasteiger charge is 2.18. The van der Waals surface area contributed by atoms with Crippen LogP contribution in [-0.2, 0) is 16.0 Å². The van der Waals surface area contributed by atoms with Gasteiger partial charge in [0.25, 0.3) is 0 Å². The zero-order valence-electron chi connectivity index (χ0n) is 12.0. The summed E-state index contributed by atoms with van der Waals surface area (Å²) in [5.74, 6) is -0.465. The molecule has 0 aliphatic carbocycles. The van der Waals surface area contributed by atoms with Crippen LogP contribution in [0.4, 0.5) is 10.5 Å². The van der Waals surface area contributed by atoms with Crippen molar-refractivity contribution >= 4 is 17.7 Å². The lowest BCUT2D eigenvalue weighted by atomic mass is 10.1. The number of hydrogen-bond donors (Lipinski definition) is 2. The van der Waals surface area contributed by atoms with E-state index in [0.29, 0.717) is 17.0 Å². The van der Waals surface area contributed by atoms with Crippen molar-refractivity contribution in [2.75, 3.05) is 12.4 Å². The number of carbonyl (C=O) groups is 2. The van der Waals surface area contributed by atoms with Crippen molar-refractivity contribution in [2.45, 2.75) is 32.8 Å². The zero-order chi connectivity index (χ0) is 15.3. The lowest BCUT2D eigenvalue weighted by molar-refractivity contribution is -0.136. The number of amides is 1. The third kappa shape index (κ3) is 5.17. The molecule has 6 heteroatoms. The summed E-state index contributed by atoms with van der Waals surface area (Å²) in [6.45, 7) is 5.24. The molecule has 0 aromatic heterocycles. The minimum atomic E-state index is -0.984. The minimum absolute atomic E-state index is 0.199. The van der Waals surface area contributed by atoms with E-state index in [4.69, 9.17) is 14.6 Å². The predicted molar refractivity (Wildman–Crippen MR) is 74.2 cm³/mol. The van der Waals surface area contributed by atoms with E-state index < -0.39 is 17.7 Å². The summed E-state index contributed by atoms with van der Waals surface area (Å²) in [6.07, 6.45) is -0.841. The number of carboxylic acid groups (broad SMARTS) is 1. The van der Waals surface area contributed by atoms with Crippen LogP contribution in [0, 0.1) is 0 Å². The minimum Gasteiger partial charge on any atom is -0.497 e. The molecule has 1 aromatic carbocycles. The molecule has 0 unspecified atom stereocenters. The van der Waals surface area contributed by atoms with Crippen LogP contribution in [-0.4, -0.2) is 29.9 Å². The van der Waals surface area contributed by atoms with Gasteiger partial charge in [-0.1, -0.05) is 6.07 Å². The van der Waals surface area contributed by atoms with Gasteiger partial charge in [0.15, 0.2) is 0 Å². The number of hydrogen-bond acceptors (Lipinski definition) is 4. The largest absolute Gasteiger partial charge is 0.497 e. The molecule has 0 heterocycles. The van der Waals surface area contributed by atoms with Crippen molar-refractivity contribution in [1.29, 1.82) is 0 Å². The number of carbonyl (C=O) groups excluding carboxylic acids is 1. The molecule has 0 saturated heterocycles. The maximum atomic E-state index is 11.7. The number of aliphatic carboxylic acids is 1. The molecule has 0 atom stereocenters. The third-order valence-electron chi connectivity index (χ3n) is 2.29. The van der Waals surface area contributed by atoms with E-state index in [-0.39, 0.29) is 6.42 Å². The number of carboxylic acids is 1. The van der Waals surface area contributed by atoms with Crippen LogP contribution < -0.4 is 10.1 Å². The summed E-state index contributed by atoms with van der Waals surface area (Å²) >= 11 is 0. The maximum absolute atomic E-state index is 11.7. The second kappa shape index (κ2) is 6.27. The van der Waals surface area contributed by atoms with Gasteiger partial charge in [-0.25, -0.2) is 4.79 Å². The Hall–Kier alpha value is -2.24. The van der Waals surface area contributed by atoms with Gasteiger partial charge in [-0.05, 0) is 32.4 Å². The van der Waals surface area contributed by atoms with E-state index in [0.717, 1.165) is 0 Å². The van der Waals surface area contributed by atoms with Gasteiger partial charge in [-0.2, -0.15) is 0 Å². The first-order valence-electron chi connectivity index (χ1n) is 6.10. The summed E-state index contributed by atoms with van der Waals surface area (Å²) in [5, 5.41) is 11.4. The molecule has 2 N–H and O–H groups in total. The third-order valence-corrected chi connectivity index (χ3v) is 2.29. The van der Waals surface area contributed by atoms with E-state index in [9.17, 15) is 9.59 Å². The van der Waals surface area contributed by atoms with Crippen molar-refractivity contribution in [3.63, 3.8) is 0 Å². The van der Waals surface area contributed by atoms with Crippen molar-refractivity contribution in [1.82, 2.24) is 0 Å².